The number of ether oxygens (including phenoxy) is 1. The highest BCUT2D eigenvalue weighted by atomic mass is 35.5. The lowest BCUT2D eigenvalue weighted by Crippen LogP contribution is -2.31. The summed E-state index contributed by atoms with van der Waals surface area (Å²) in [6, 6.07) is 24.0. The first-order valence-electron chi connectivity index (χ1n) is 11.8. The Morgan fingerprint density at radius 3 is 2.30 bits per heavy atom. The molecule has 0 bridgehead atoms. The highest BCUT2D eigenvalue weighted by Gasteiger charge is 2.22. The van der Waals surface area contributed by atoms with E-state index in [0.29, 0.717) is 22.7 Å². The van der Waals surface area contributed by atoms with Gasteiger partial charge in [0.1, 0.15) is 11.9 Å². The number of pyridine rings is 1. The molecule has 188 valence electrons. The lowest BCUT2D eigenvalue weighted by Gasteiger charge is -2.22. The number of nitrogens with one attached hydrogen (secondary N) is 2. The zero-order valence-electron chi connectivity index (χ0n) is 20.1. The van der Waals surface area contributed by atoms with Crippen molar-refractivity contribution >= 4 is 29.3 Å². The fraction of sp³-hybridized carbons (Fsp3) is 0.138. The molecule has 37 heavy (non-hydrogen) atoms. The number of anilines is 1. The van der Waals surface area contributed by atoms with E-state index in [1.54, 1.807) is 54.7 Å². The fourth-order valence-electron chi connectivity index (χ4n) is 3.88. The zero-order chi connectivity index (χ0) is 26.2. The summed E-state index contributed by atoms with van der Waals surface area (Å²) in [5, 5.41) is 16.0. The van der Waals surface area contributed by atoms with Crippen LogP contribution in [0.25, 0.3) is 0 Å². The van der Waals surface area contributed by atoms with Crippen LogP contribution >= 0.6 is 11.6 Å². The molecule has 0 aliphatic rings. The topological polar surface area (TPSA) is 101 Å². The van der Waals surface area contributed by atoms with Crippen molar-refractivity contribution in [1.29, 1.82) is 0 Å². The number of para-hydroxylation sites is 2. The first-order chi connectivity index (χ1) is 17.9. The number of alkyl carbamates (subject to hydrolysis) is 1. The molecule has 0 saturated carbocycles. The van der Waals surface area contributed by atoms with Gasteiger partial charge in [-0.3, -0.25) is 9.78 Å². The Kier molecular flexibility index (Phi) is 8.38. The van der Waals surface area contributed by atoms with Gasteiger partial charge < -0.3 is 20.5 Å². The number of nitrogens with zero attached hydrogens (tertiary/aromatic N) is 1. The number of hydrogen-bond donors (Lipinski definition) is 3. The van der Waals surface area contributed by atoms with Gasteiger partial charge in [0.05, 0.1) is 16.8 Å². The van der Waals surface area contributed by atoms with Gasteiger partial charge in [-0.2, -0.15) is 0 Å². The Hall–Kier alpha value is -4.36. The first-order valence-corrected chi connectivity index (χ1v) is 12.1. The molecule has 4 aromatic rings. The van der Waals surface area contributed by atoms with Crippen molar-refractivity contribution in [3.05, 3.63) is 125 Å². The second kappa shape index (κ2) is 12.1. The highest BCUT2D eigenvalue weighted by Crippen LogP contribution is 2.27. The summed E-state index contributed by atoms with van der Waals surface area (Å²) in [6.07, 6.45) is 2.60. The predicted octanol–water partition coefficient (Wildman–Crippen LogP) is 6.66. The van der Waals surface area contributed by atoms with Gasteiger partial charge in [-0.1, -0.05) is 73.1 Å². The average molecular weight is 516 g/mol. The van der Waals surface area contributed by atoms with Crippen LogP contribution in [0.15, 0.2) is 97.3 Å². The highest BCUT2D eigenvalue weighted by molar-refractivity contribution is 6.30. The number of benzene rings is 3. The van der Waals surface area contributed by atoms with Gasteiger partial charge in [0.2, 0.25) is 0 Å². The summed E-state index contributed by atoms with van der Waals surface area (Å²) in [5.74, 6) is -0.374. The molecule has 0 aliphatic heterocycles. The van der Waals surface area contributed by atoms with E-state index >= 15 is 0 Å². The molecule has 3 N–H and O–H groups in total. The van der Waals surface area contributed by atoms with Crippen molar-refractivity contribution in [2.24, 2.45) is 0 Å². The van der Waals surface area contributed by atoms with Crippen LogP contribution in [-0.2, 0) is 4.74 Å². The maximum absolute atomic E-state index is 13.0. The molecular weight excluding hydrogens is 490 g/mol. The van der Waals surface area contributed by atoms with Crippen molar-refractivity contribution in [2.75, 3.05) is 5.32 Å². The third-order valence-corrected chi connectivity index (χ3v) is 5.98. The number of rotatable bonds is 8. The summed E-state index contributed by atoms with van der Waals surface area (Å²) in [4.78, 5) is 29.7. The van der Waals surface area contributed by atoms with Gasteiger partial charge in [-0.15, -0.1) is 0 Å². The van der Waals surface area contributed by atoms with Crippen molar-refractivity contribution in [3.63, 3.8) is 0 Å². The number of halogens is 1. The quantitative estimate of drug-likeness (QED) is 0.228. The number of amides is 2. The summed E-state index contributed by atoms with van der Waals surface area (Å²) in [7, 11) is 0. The Morgan fingerprint density at radius 2 is 1.62 bits per heavy atom. The Labute approximate surface area is 220 Å². The minimum Gasteiger partial charge on any atom is -0.506 e. The van der Waals surface area contributed by atoms with Crippen LogP contribution in [0.4, 0.5) is 10.5 Å². The second-order valence-electron chi connectivity index (χ2n) is 8.32. The standard InChI is InChI=1S/C29H26ClN3O4/c1-2-26(19-12-14-21(15-13-19)28(35)32-24-10-6-7-11-25(24)34)37-29(36)33-27(20-8-4-3-5-9-20)22-16-23(30)18-31-17-22/h3-18,26-27,34H,2H2,1H3,(H,32,35)(H,33,36)/t26-,27-/m0/s1. The molecule has 0 unspecified atom stereocenters. The van der Waals surface area contributed by atoms with Crippen LogP contribution < -0.4 is 10.6 Å². The minimum atomic E-state index is -0.595. The van der Waals surface area contributed by atoms with E-state index in [4.69, 9.17) is 16.3 Å². The summed E-state index contributed by atoms with van der Waals surface area (Å²) < 4.78 is 5.76. The van der Waals surface area contributed by atoms with E-state index in [2.05, 4.69) is 15.6 Å². The molecule has 8 heteroatoms. The second-order valence-corrected chi connectivity index (χ2v) is 8.76. The number of phenolic OH excluding ortho intramolecular Hbond substituents is 1. The van der Waals surface area contributed by atoms with E-state index in [-0.39, 0.29) is 11.7 Å². The molecule has 4 rings (SSSR count). The van der Waals surface area contributed by atoms with E-state index in [1.807, 2.05) is 37.3 Å². The van der Waals surface area contributed by atoms with E-state index < -0.39 is 18.2 Å². The fourth-order valence-corrected chi connectivity index (χ4v) is 4.06. The molecule has 0 radical (unpaired) electrons. The number of hydrogen-bond acceptors (Lipinski definition) is 5. The maximum Gasteiger partial charge on any atom is 0.408 e. The van der Waals surface area contributed by atoms with Crippen molar-refractivity contribution in [2.45, 2.75) is 25.5 Å². The molecule has 0 fully saturated rings. The molecule has 3 aromatic carbocycles. The number of carbonyl (C=O) groups excluding carboxylic acids is 2. The van der Waals surface area contributed by atoms with Crippen LogP contribution in [0.3, 0.4) is 0 Å². The number of phenols is 1. The summed E-state index contributed by atoms with van der Waals surface area (Å²) >= 11 is 6.14. The van der Waals surface area contributed by atoms with Crippen LogP contribution in [0.5, 0.6) is 5.75 Å². The van der Waals surface area contributed by atoms with Gasteiger partial charge in [0.15, 0.2) is 0 Å². The summed E-state index contributed by atoms with van der Waals surface area (Å²) in [5.41, 5.74) is 3.06. The molecule has 0 aliphatic carbocycles. The lowest BCUT2D eigenvalue weighted by molar-refractivity contribution is 0.0930. The molecule has 2 atom stereocenters. The van der Waals surface area contributed by atoms with E-state index in [9.17, 15) is 14.7 Å². The Bertz CT molecular complexity index is 1360. The molecular formula is C29H26ClN3O4. The van der Waals surface area contributed by atoms with Crippen LogP contribution in [0.2, 0.25) is 5.02 Å². The maximum atomic E-state index is 13.0. The largest absolute Gasteiger partial charge is 0.506 e. The van der Waals surface area contributed by atoms with E-state index in [1.165, 1.54) is 12.3 Å². The van der Waals surface area contributed by atoms with E-state index in [0.717, 1.165) is 16.7 Å². The van der Waals surface area contributed by atoms with Crippen molar-refractivity contribution < 1.29 is 19.4 Å². The number of carbonyl (C=O) groups is 2. The predicted molar refractivity (Wildman–Crippen MR) is 143 cm³/mol. The Balaban J connectivity index is 1.45. The van der Waals surface area contributed by atoms with Gasteiger partial charge in [-0.25, -0.2) is 4.79 Å². The monoisotopic (exact) mass is 515 g/mol. The molecule has 0 spiro atoms. The molecule has 1 heterocycles. The molecule has 2 amide bonds. The van der Waals surface area contributed by atoms with Gasteiger partial charge in [-0.05, 0) is 53.4 Å². The normalized spacial score (nSPS) is 12.3. The third-order valence-electron chi connectivity index (χ3n) is 5.77. The zero-order valence-corrected chi connectivity index (χ0v) is 20.9. The van der Waals surface area contributed by atoms with Gasteiger partial charge >= 0.3 is 6.09 Å². The lowest BCUT2D eigenvalue weighted by atomic mass is 10.0. The first kappa shape index (κ1) is 25.7. The minimum absolute atomic E-state index is 0.0136. The Morgan fingerprint density at radius 1 is 0.919 bits per heavy atom. The average Bonchev–Trinajstić information content (AvgIpc) is 2.92. The van der Waals surface area contributed by atoms with Crippen molar-refractivity contribution in [3.8, 4) is 5.75 Å². The third kappa shape index (κ3) is 6.65. The van der Waals surface area contributed by atoms with Crippen LogP contribution in [0, 0.1) is 0 Å². The van der Waals surface area contributed by atoms with Crippen LogP contribution in [-0.4, -0.2) is 22.1 Å². The SMILES string of the molecule is CC[C@H](OC(=O)N[C@@H](c1ccccc1)c1cncc(Cl)c1)c1ccc(C(=O)Nc2ccccc2O)cc1. The van der Waals surface area contributed by atoms with Crippen molar-refractivity contribution in [1.82, 2.24) is 10.3 Å². The molecule has 0 saturated heterocycles. The summed E-state index contributed by atoms with van der Waals surface area (Å²) in [6.45, 7) is 1.91. The number of aromatic hydroxyl groups is 1. The van der Waals surface area contributed by atoms with Crippen LogP contribution in [0.1, 0.15) is 52.5 Å². The number of aromatic nitrogens is 1. The molecule has 7 nitrogen and oxygen atoms in total. The van der Waals surface area contributed by atoms with Gasteiger partial charge in [0.25, 0.3) is 5.91 Å². The smallest absolute Gasteiger partial charge is 0.408 e. The van der Waals surface area contributed by atoms with Gasteiger partial charge in [0, 0.05) is 18.0 Å². The molecule has 1 aromatic heterocycles.